The number of para-hydroxylation sites is 1. The molecule has 0 saturated heterocycles. The van der Waals surface area contributed by atoms with Crippen molar-refractivity contribution in [3.05, 3.63) is 96.1 Å². The molecule has 0 bridgehead atoms. The predicted molar refractivity (Wildman–Crippen MR) is 121 cm³/mol. The Labute approximate surface area is 194 Å². The number of hydrogen-bond acceptors (Lipinski definition) is 4. The van der Waals surface area contributed by atoms with Crippen molar-refractivity contribution < 1.29 is 13.6 Å². The average Bonchev–Trinajstić information content (AvgIpc) is 3.38. The highest BCUT2D eigenvalue weighted by Crippen LogP contribution is 2.66. The third kappa shape index (κ3) is 3.46. The van der Waals surface area contributed by atoms with Gasteiger partial charge < -0.3 is 5.32 Å². The zero-order valence-corrected chi connectivity index (χ0v) is 18.2. The summed E-state index contributed by atoms with van der Waals surface area (Å²) in [5.41, 5.74) is 1.50. The van der Waals surface area contributed by atoms with E-state index in [1.807, 2.05) is 34.9 Å². The largest absolute Gasteiger partial charge is 0.347 e. The Bertz CT molecular complexity index is 1360. The summed E-state index contributed by atoms with van der Waals surface area (Å²) in [6.07, 6.45) is 3.57. The van der Waals surface area contributed by atoms with Crippen LogP contribution in [0.3, 0.4) is 0 Å². The van der Waals surface area contributed by atoms with Gasteiger partial charge in [0.1, 0.15) is 23.2 Å². The molecule has 0 radical (unpaired) electrons. The maximum Gasteiger partial charge on any atom is 0.270 e. The van der Waals surface area contributed by atoms with Crippen LogP contribution in [-0.2, 0) is 0 Å². The van der Waals surface area contributed by atoms with E-state index in [9.17, 15) is 13.6 Å². The van der Waals surface area contributed by atoms with Gasteiger partial charge in [0, 0.05) is 17.5 Å². The van der Waals surface area contributed by atoms with Crippen LogP contribution in [0.5, 0.6) is 0 Å². The van der Waals surface area contributed by atoms with Crippen LogP contribution in [0.25, 0.3) is 17.1 Å². The quantitative estimate of drug-likeness (QED) is 0.473. The average molecular weight is 457 g/mol. The third-order valence-corrected chi connectivity index (χ3v) is 6.94. The maximum atomic E-state index is 14.8. The highest BCUT2D eigenvalue weighted by molar-refractivity contribution is 5.92. The summed E-state index contributed by atoms with van der Waals surface area (Å²) in [6.45, 7) is 0. The number of hydrogen-bond donors (Lipinski definition) is 1. The van der Waals surface area contributed by atoms with Gasteiger partial charge >= 0.3 is 0 Å². The van der Waals surface area contributed by atoms with Crippen LogP contribution in [0.4, 0.5) is 8.78 Å². The van der Waals surface area contributed by atoms with Crippen molar-refractivity contribution in [3.8, 4) is 17.1 Å². The minimum absolute atomic E-state index is 0.0132. The van der Waals surface area contributed by atoms with E-state index in [0.29, 0.717) is 11.5 Å². The summed E-state index contributed by atoms with van der Waals surface area (Å²) >= 11 is 0. The number of carbonyl (C=O) groups excluding carboxylic acids is 1. The minimum atomic E-state index is -0.477. The van der Waals surface area contributed by atoms with Crippen molar-refractivity contribution in [1.82, 2.24) is 25.1 Å². The van der Waals surface area contributed by atoms with E-state index < -0.39 is 5.82 Å². The first-order chi connectivity index (χ1) is 16.5. The molecule has 1 spiro atoms. The van der Waals surface area contributed by atoms with Gasteiger partial charge in [0.05, 0.1) is 11.9 Å². The summed E-state index contributed by atoms with van der Waals surface area (Å²) in [6, 6.07) is 18.9. The Hall–Kier alpha value is -3.94. The first kappa shape index (κ1) is 20.7. The lowest BCUT2D eigenvalue weighted by molar-refractivity contribution is 0.0928. The van der Waals surface area contributed by atoms with Gasteiger partial charge in [-0.1, -0.05) is 42.5 Å². The fourth-order valence-electron chi connectivity index (χ4n) is 5.05. The molecule has 34 heavy (non-hydrogen) atoms. The molecule has 0 aliphatic heterocycles. The molecule has 2 saturated carbocycles. The fraction of sp³-hybridized carbons (Fsp3) is 0.231. The number of rotatable bonds is 5. The van der Waals surface area contributed by atoms with Crippen LogP contribution in [0.15, 0.2) is 72.9 Å². The van der Waals surface area contributed by atoms with Gasteiger partial charge in [0.2, 0.25) is 0 Å². The Kier molecular flexibility index (Phi) is 4.76. The highest BCUT2D eigenvalue weighted by Gasteiger charge is 2.63. The number of aromatic nitrogens is 4. The molecule has 6 nitrogen and oxygen atoms in total. The van der Waals surface area contributed by atoms with Crippen molar-refractivity contribution in [1.29, 1.82) is 0 Å². The summed E-state index contributed by atoms with van der Waals surface area (Å²) in [4.78, 5) is 16.3. The van der Waals surface area contributed by atoms with E-state index in [1.165, 1.54) is 18.2 Å². The molecule has 6 rings (SSSR count). The van der Waals surface area contributed by atoms with E-state index in [4.69, 9.17) is 0 Å². The van der Waals surface area contributed by atoms with Gasteiger partial charge in [-0.05, 0) is 48.9 Å². The molecule has 2 aromatic heterocycles. The molecule has 1 N–H and O–H groups in total. The maximum absolute atomic E-state index is 14.8. The second-order valence-corrected chi connectivity index (χ2v) is 9.09. The third-order valence-electron chi connectivity index (χ3n) is 6.94. The summed E-state index contributed by atoms with van der Waals surface area (Å²) < 4.78 is 29.7. The monoisotopic (exact) mass is 457 g/mol. The molecule has 2 aliphatic carbocycles. The molecule has 1 unspecified atom stereocenters. The molecule has 2 aromatic carbocycles. The molecule has 1 amide bonds. The van der Waals surface area contributed by atoms with Crippen molar-refractivity contribution in [3.63, 3.8) is 0 Å². The molecule has 8 heteroatoms. The molecular formula is C26H21F2N5O. The predicted octanol–water partition coefficient (Wildman–Crippen LogP) is 4.67. The van der Waals surface area contributed by atoms with Crippen molar-refractivity contribution >= 4 is 5.91 Å². The molecule has 2 fully saturated rings. The molecule has 2 aliphatic rings. The van der Waals surface area contributed by atoms with E-state index in [2.05, 4.69) is 20.5 Å². The van der Waals surface area contributed by atoms with Gasteiger partial charge in [-0.15, -0.1) is 10.2 Å². The Morgan fingerprint density at radius 3 is 2.44 bits per heavy atom. The van der Waals surface area contributed by atoms with Crippen molar-refractivity contribution in [2.24, 2.45) is 5.41 Å². The number of halogens is 2. The lowest BCUT2D eigenvalue weighted by Crippen LogP contribution is -2.36. The van der Waals surface area contributed by atoms with Crippen LogP contribution >= 0.6 is 0 Å². The lowest BCUT2D eigenvalue weighted by atomic mass is 9.70. The number of amides is 1. The van der Waals surface area contributed by atoms with E-state index >= 15 is 0 Å². The smallest absolute Gasteiger partial charge is 0.270 e. The number of carbonyl (C=O) groups is 1. The van der Waals surface area contributed by atoms with Crippen LogP contribution in [-0.4, -0.2) is 31.7 Å². The molecule has 2 heterocycles. The number of benzene rings is 2. The van der Waals surface area contributed by atoms with Crippen LogP contribution in [0.1, 0.15) is 41.5 Å². The summed E-state index contributed by atoms with van der Waals surface area (Å²) in [7, 11) is 0. The second-order valence-electron chi connectivity index (χ2n) is 9.09. The molecule has 4 aromatic rings. The SMILES string of the molecule is O=C(NC1CC12CC(c1nnc(-c3ccccc3)n1-c1ccccc1F)C2)c1ccc(F)cn1. The van der Waals surface area contributed by atoms with Crippen molar-refractivity contribution in [2.45, 2.75) is 31.2 Å². The standard InChI is InChI=1S/C26H21F2N5O/c27-18-10-11-20(29-15-18)25(34)30-22-14-26(22)12-17(13-26)24-32-31-23(16-6-2-1-3-7-16)33(24)21-9-5-4-8-19(21)28/h1-11,15,17,22H,12-14H2,(H,30,34). The Morgan fingerprint density at radius 2 is 1.71 bits per heavy atom. The normalized spacial score (nSPS) is 22.9. The van der Waals surface area contributed by atoms with Gasteiger partial charge in [0.25, 0.3) is 5.91 Å². The van der Waals surface area contributed by atoms with Gasteiger partial charge in [-0.25, -0.2) is 13.8 Å². The zero-order valence-electron chi connectivity index (χ0n) is 18.2. The molecule has 1 atom stereocenters. The zero-order chi connectivity index (χ0) is 23.3. The molecule has 170 valence electrons. The van der Waals surface area contributed by atoms with Crippen LogP contribution in [0, 0.1) is 17.0 Å². The fourth-order valence-corrected chi connectivity index (χ4v) is 5.05. The molecular weight excluding hydrogens is 436 g/mol. The van der Waals surface area contributed by atoms with Crippen LogP contribution < -0.4 is 5.32 Å². The van der Waals surface area contributed by atoms with Gasteiger partial charge in [-0.2, -0.15) is 0 Å². The number of pyridine rings is 1. The Morgan fingerprint density at radius 1 is 0.941 bits per heavy atom. The topological polar surface area (TPSA) is 72.7 Å². The van der Waals surface area contributed by atoms with Gasteiger partial charge in [-0.3, -0.25) is 9.36 Å². The highest BCUT2D eigenvalue weighted by atomic mass is 19.1. The number of nitrogens with one attached hydrogen (secondary N) is 1. The van der Waals surface area contributed by atoms with Crippen LogP contribution in [0.2, 0.25) is 0 Å². The summed E-state index contributed by atoms with van der Waals surface area (Å²) in [5, 5.41) is 11.9. The Balaban J connectivity index is 1.23. The van der Waals surface area contributed by atoms with Crippen molar-refractivity contribution in [2.75, 3.05) is 0 Å². The minimum Gasteiger partial charge on any atom is -0.347 e. The van der Waals surface area contributed by atoms with E-state index in [1.54, 1.807) is 18.2 Å². The lowest BCUT2D eigenvalue weighted by Gasteiger charge is -2.36. The van der Waals surface area contributed by atoms with Gasteiger partial charge in [0.15, 0.2) is 5.82 Å². The number of nitrogens with zero attached hydrogens (tertiary/aromatic N) is 4. The van der Waals surface area contributed by atoms with E-state index in [0.717, 1.165) is 36.8 Å². The second kappa shape index (κ2) is 7.83. The first-order valence-electron chi connectivity index (χ1n) is 11.2. The first-order valence-corrected chi connectivity index (χ1v) is 11.2. The summed E-state index contributed by atoms with van der Waals surface area (Å²) in [5.74, 6) is 0.325. The van der Waals surface area contributed by atoms with E-state index in [-0.39, 0.29) is 34.8 Å².